The topological polar surface area (TPSA) is 101 Å². The molecular formula is C38H36N4O3. The first kappa shape index (κ1) is 29.8. The Balaban J connectivity index is 1.76. The molecule has 0 aliphatic heterocycles. The maximum Gasteiger partial charge on any atom is 0.354 e. The van der Waals surface area contributed by atoms with Gasteiger partial charge >= 0.3 is 5.97 Å². The highest BCUT2D eigenvalue weighted by molar-refractivity contribution is 5.95. The Hall–Kier alpha value is -5.30. The fraction of sp³-hybridized carbons (Fsp3) is 0.211. The van der Waals surface area contributed by atoms with Crippen molar-refractivity contribution in [3.63, 3.8) is 0 Å². The molecule has 2 N–H and O–H groups in total. The number of hydrogen-bond acceptors (Lipinski definition) is 5. The van der Waals surface area contributed by atoms with Crippen LogP contribution in [-0.4, -0.2) is 35.7 Å². The van der Waals surface area contributed by atoms with E-state index in [1.807, 2.05) is 48.5 Å². The van der Waals surface area contributed by atoms with Gasteiger partial charge in [0, 0.05) is 17.3 Å². The number of hydrogen-bond donors (Lipinski definition) is 2. The SMILES string of the molecule is CC(C)(C)c1cc(-c2nc3c(-c4cccc(C(=O)O)n4)nccc3n2-c2ccccc2-c2ccccc2)c(O)c(C(C)(C)C)c1. The number of carboxylic acids is 1. The molecule has 3 aromatic carbocycles. The molecule has 3 heterocycles. The lowest BCUT2D eigenvalue weighted by molar-refractivity contribution is 0.0690. The van der Waals surface area contributed by atoms with Gasteiger partial charge in [0.25, 0.3) is 0 Å². The van der Waals surface area contributed by atoms with Gasteiger partial charge in [-0.15, -0.1) is 0 Å². The minimum atomic E-state index is -1.12. The first-order chi connectivity index (χ1) is 21.3. The van der Waals surface area contributed by atoms with Crippen LogP contribution in [0.1, 0.15) is 63.2 Å². The van der Waals surface area contributed by atoms with Crippen LogP contribution >= 0.6 is 0 Å². The van der Waals surface area contributed by atoms with Gasteiger partial charge in [0.1, 0.15) is 28.5 Å². The second kappa shape index (κ2) is 11.0. The van der Waals surface area contributed by atoms with Gasteiger partial charge in [-0.1, -0.05) is 102 Å². The molecular weight excluding hydrogens is 560 g/mol. The Labute approximate surface area is 262 Å². The summed E-state index contributed by atoms with van der Waals surface area (Å²) in [5.41, 5.74) is 6.94. The monoisotopic (exact) mass is 596 g/mol. The van der Waals surface area contributed by atoms with Crippen molar-refractivity contribution in [3.8, 4) is 45.3 Å². The van der Waals surface area contributed by atoms with E-state index in [0.29, 0.717) is 28.3 Å². The molecule has 0 bridgehead atoms. The number of aromatic carboxylic acids is 1. The Morgan fingerprint density at radius 3 is 2.16 bits per heavy atom. The van der Waals surface area contributed by atoms with Crippen LogP contribution in [0, 0.1) is 0 Å². The summed E-state index contributed by atoms with van der Waals surface area (Å²) < 4.78 is 2.07. The molecule has 45 heavy (non-hydrogen) atoms. The summed E-state index contributed by atoms with van der Waals surface area (Å²) in [6.07, 6.45) is 1.69. The molecule has 6 aromatic rings. The van der Waals surface area contributed by atoms with Crippen molar-refractivity contribution in [2.45, 2.75) is 52.4 Å². The summed E-state index contributed by atoms with van der Waals surface area (Å²) in [5, 5.41) is 21.6. The number of carboxylic acid groups (broad SMARTS) is 1. The van der Waals surface area contributed by atoms with Gasteiger partial charge in [-0.3, -0.25) is 9.55 Å². The van der Waals surface area contributed by atoms with Crippen molar-refractivity contribution < 1.29 is 15.0 Å². The van der Waals surface area contributed by atoms with Gasteiger partial charge in [-0.05, 0) is 52.3 Å². The number of imidazole rings is 1. The molecule has 0 unspecified atom stereocenters. The number of carbonyl (C=O) groups is 1. The van der Waals surface area contributed by atoms with Crippen molar-refractivity contribution in [1.29, 1.82) is 0 Å². The minimum absolute atomic E-state index is 0.0780. The molecule has 0 atom stereocenters. The van der Waals surface area contributed by atoms with Gasteiger partial charge in [0.15, 0.2) is 0 Å². The van der Waals surface area contributed by atoms with E-state index in [1.54, 1.807) is 18.3 Å². The zero-order valence-corrected chi connectivity index (χ0v) is 26.3. The third-order valence-corrected chi connectivity index (χ3v) is 8.04. The molecule has 0 radical (unpaired) electrons. The normalized spacial score (nSPS) is 12.0. The highest BCUT2D eigenvalue weighted by Crippen LogP contribution is 2.44. The highest BCUT2D eigenvalue weighted by atomic mass is 16.4. The van der Waals surface area contributed by atoms with Gasteiger partial charge in [-0.25, -0.2) is 14.8 Å². The van der Waals surface area contributed by atoms with Gasteiger partial charge in [0.2, 0.25) is 0 Å². The lowest BCUT2D eigenvalue weighted by Gasteiger charge is -2.27. The molecule has 0 aliphatic rings. The van der Waals surface area contributed by atoms with Gasteiger partial charge in [0.05, 0.1) is 22.5 Å². The number of aromatic nitrogens is 4. The quantitative estimate of drug-likeness (QED) is 0.206. The molecule has 0 fully saturated rings. The maximum absolute atomic E-state index is 12.0. The second-order valence-corrected chi connectivity index (χ2v) is 13.3. The van der Waals surface area contributed by atoms with Crippen LogP contribution in [0.15, 0.2) is 97.2 Å². The van der Waals surface area contributed by atoms with Crippen LogP contribution < -0.4 is 0 Å². The van der Waals surface area contributed by atoms with E-state index in [0.717, 1.165) is 33.5 Å². The number of phenolic OH excluding ortho intramolecular Hbond substituents is 1. The fourth-order valence-electron chi connectivity index (χ4n) is 5.64. The maximum atomic E-state index is 12.0. The van der Waals surface area contributed by atoms with Crippen molar-refractivity contribution in [2.75, 3.05) is 0 Å². The van der Waals surface area contributed by atoms with Crippen LogP contribution in [0.2, 0.25) is 0 Å². The first-order valence-electron chi connectivity index (χ1n) is 15.0. The molecule has 6 rings (SSSR count). The molecule has 7 nitrogen and oxygen atoms in total. The predicted octanol–water partition coefficient (Wildman–Crippen LogP) is 8.82. The lowest BCUT2D eigenvalue weighted by Crippen LogP contribution is -2.17. The van der Waals surface area contributed by atoms with Crippen molar-refractivity contribution in [3.05, 3.63) is 114 Å². The number of para-hydroxylation sites is 1. The number of fused-ring (bicyclic) bond motifs is 1. The number of rotatable bonds is 5. The Bertz CT molecular complexity index is 2070. The summed E-state index contributed by atoms with van der Waals surface area (Å²) in [6.45, 7) is 12.8. The number of phenols is 1. The number of benzene rings is 3. The summed E-state index contributed by atoms with van der Waals surface area (Å²) in [7, 11) is 0. The zero-order chi connectivity index (χ0) is 32.1. The van der Waals surface area contributed by atoms with E-state index in [9.17, 15) is 15.0 Å². The van der Waals surface area contributed by atoms with Crippen molar-refractivity contribution in [2.24, 2.45) is 0 Å². The van der Waals surface area contributed by atoms with E-state index in [1.165, 1.54) is 6.07 Å². The molecule has 0 aliphatic carbocycles. The van der Waals surface area contributed by atoms with E-state index in [2.05, 4.69) is 80.3 Å². The van der Waals surface area contributed by atoms with Gasteiger partial charge in [-0.2, -0.15) is 0 Å². The van der Waals surface area contributed by atoms with E-state index in [-0.39, 0.29) is 22.3 Å². The molecule has 0 saturated carbocycles. The van der Waals surface area contributed by atoms with Crippen LogP contribution in [0.3, 0.4) is 0 Å². The molecule has 0 amide bonds. The van der Waals surface area contributed by atoms with E-state index >= 15 is 0 Å². The highest BCUT2D eigenvalue weighted by Gasteiger charge is 2.29. The van der Waals surface area contributed by atoms with Crippen molar-refractivity contribution >= 4 is 17.0 Å². The molecule has 3 aromatic heterocycles. The third-order valence-electron chi connectivity index (χ3n) is 8.04. The van der Waals surface area contributed by atoms with Crippen LogP contribution in [0.5, 0.6) is 5.75 Å². The zero-order valence-electron chi connectivity index (χ0n) is 26.3. The second-order valence-electron chi connectivity index (χ2n) is 13.3. The van der Waals surface area contributed by atoms with Crippen LogP contribution in [-0.2, 0) is 10.8 Å². The summed E-state index contributed by atoms with van der Waals surface area (Å²) in [6, 6.07) is 29.1. The lowest BCUT2D eigenvalue weighted by atomic mass is 9.79. The van der Waals surface area contributed by atoms with Crippen LogP contribution in [0.25, 0.3) is 50.6 Å². The molecule has 0 saturated heterocycles. The molecule has 0 spiro atoms. The van der Waals surface area contributed by atoms with Crippen LogP contribution in [0.4, 0.5) is 0 Å². The van der Waals surface area contributed by atoms with Gasteiger partial charge < -0.3 is 10.2 Å². The smallest absolute Gasteiger partial charge is 0.354 e. The standard InChI is InChI=1S/C38H36N4O3/c1-37(2,3)24-21-26(34(43)27(22-24)38(4,5)6)35-41-33-31(19-20-39-32(33)28-16-12-17-29(40-28)36(44)45)42(35)30-18-11-10-15-25(30)23-13-8-7-9-14-23/h7-22,43H,1-6H3,(H,44,45). The molecule has 7 heteroatoms. The number of nitrogens with zero attached hydrogens (tertiary/aromatic N) is 4. The summed E-state index contributed by atoms with van der Waals surface area (Å²) >= 11 is 0. The number of aromatic hydroxyl groups is 1. The average molecular weight is 597 g/mol. The summed E-state index contributed by atoms with van der Waals surface area (Å²) in [4.78, 5) is 26.0. The average Bonchev–Trinajstić information content (AvgIpc) is 3.40. The van der Waals surface area contributed by atoms with Crippen molar-refractivity contribution in [1.82, 2.24) is 19.5 Å². The molecule has 226 valence electrons. The summed E-state index contributed by atoms with van der Waals surface area (Å²) in [5.74, 6) is -0.401. The Morgan fingerprint density at radius 1 is 0.756 bits per heavy atom. The van der Waals surface area contributed by atoms with E-state index in [4.69, 9.17) is 4.98 Å². The Kier molecular flexibility index (Phi) is 7.28. The predicted molar refractivity (Wildman–Crippen MR) is 179 cm³/mol. The fourth-order valence-corrected chi connectivity index (χ4v) is 5.64. The first-order valence-corrected chi connectivity index (χ1v) is 15.0. The number of pyridine rings is 2. The third kappa shape index (κ3) is 5.46. The largest absolute Gasteiger partial charge is 0.507 e. The Morgan fingerprint density at radius 2 is 1.47 bits per heavy atom. The minimum Gasteiger partial charge on any atom is -0.507 e. The van der Waals surface area contributed by atoms with E-state index < -0.39 is 5.97 Å².